The molecule has 2 aromatic carbocycles. The number of halogens is 3. The molecule has 0 saturated carbocycles. The van der Waals surface area contributed by atoms with Crippen LogP contribution in [0.1, 0.15) is 18.1 Å². The zero-order valence-electron chi connectivity index (χ0n) is 14.2. The Bertz CT molecular complexity index is 880. The van der Waals surface area contributed by atoms with Gasteiger partial charge in [0.2, 0.25) is 5.91 Å². The summed E-state index contributed by atoms with van der Waals surface area (Å²) in [5.74, 6) is -1.30. The minimum Gasteiger partial charge on any atom is -0.314 e. The molecule has 0 spiro atoms. The normalized spacial score (nSPS) is 13.3. The van der Waals surface area contributed by atoms with Crippen molar-refractivity contribution in [1.29, 1.82) is 0 Å². The van der Waals surface area contributed by atoms with Crippen LogP contribution in [0.2, 0.25) is 0 Å². The van der Waals surface area contributed by atoms with Gasteiger partial charge >= 0.3 is 6.18 Å². The highest BCUT2D eigenvalue weighted by Crippen LogP contribution is 2.30. The molecule has 0 fully saturated rings. The summed E-state index contributed by atoms with van der Waals surface area (Å²) in [4.78, 5) is 13.7. The predicted molar refractivity (Wildman–Crippen MR) is 93.4 cm³/mol. The molecular weight excluding hydrogens is 367 g/mol. The number of hydrogen-bond acceptors (Lipinski definition) is 3. The highest BCUT2D eigenvalue weighted by atomic mass is 32.2. The van der Waals surface area contributed by atoms with Crippen molar-refractivity contribution in [3.8, 4) is 0 Å². The van der Waals surface area contributed by atoms with Gasteiger partial charge in [0.1, 0.15) is 5.25 Å². The van der Waals surface area contributed by atoms with Crippen molar-refractivity contribution >= 4 is 21.4 Å². The van der Waals surface area contributed by atoms with Crippen molar-refractivity contribution in [3.05, 3.63) is 65.7 Å². The lowest BCUT2D eigenvalue weighted by Gasteiger charge is -2.21. The van der Waals surface area contributed by atoms with Gasteiger partial charge in [0.15, 0.2) is 9.84 Å². The first-order valence-electron chi connectivity index (χ1n) is 7.72. The van der Waals surface area contributed by atoms with Gasteiger partial charge in [0.25, 0.3) is 0 Å². The summed E-state index contributed by atoms with van der Waals surface area (Å²) in [7, 11) is -2.53. The first-order valence-corrected chi connectivity index (χ1v) is 9.44. The lowest BCUT2D eigenvalue weighted by atomic mass is 10.1. The van der Waals surface area contributed by atoms with Crippen LogP contribution in [-0.4, -0.2) is 26.6 Å². The van der Waals surface area contributed by atoms with Crippen LogP contribution >= 0.6 is 0 Å². The van der Waals surface area contributed by atoms with Crippen LogP contribution in [0, 0.1) is 0 Å². The number of anilines is 1. The number of amides is 1. The van der Waals surface area contributed by atoms with Crippen molar-refractivity contribution in [2.45, 2.75) is 24.1 Å². The third kappa shape index (κ3) is 4.63. The molecule has 0 bridgehead atoms. The van der Waals surface area contributed by atoms with E-state index in [1.165, 1.54) is 24.9 Å². The summed E-state index contributed by atoms with van der Waals surface area (Å²) < 4.78 is 63.3. The molecule has 0 saturated heterocycles. The van der Waals surface area contributed by atoms with E-state index < -0.39 is 38.5 Å². The molecule has 1 atom stereocenters. The monoisotopic (exact) mass is 385 g/mol. The van der Waals surface area contributed by atoms with E-state index in [1.54, 1.807) is 30.3 Å². The Morgan fingerprint density at radius 2 is 1.69 bits per heavy atom. The smallest absolute Gasteiger partial charge is 0.314 e. The molecule has 1 amide bonds. The number of carbonyl (C=O) groups is 1. The SMILES string of the molecule is C[C@H](C(=O)N(C)c1ccccc1)S(=O)(=O)Cc1cccc(C(F)(F)F)c1. The van der Waals surface area contributed by atoms with E-state index in [2.05, 4.69) is 0 Å². The molecule has 0 radical (unpaired) electrons. The van der Waals surface area contributed by atoms with Gasteiger partial charge in [-0.1, -0.05) is 36.4 Å². The number of benzene rings is 2. The minimum absolute atomic E-state index is 0.0122. The van der Waals surface area contributed by atoms with Gasteiger partial charge in [-0.3, -0.25) is 4.79 Å². The highest BCUT2D eigenvalue weighted by molar-refractivity contribution is 7.92. The Morgan fingerprint density at radius 1 is 1.08 bits per heavy atom. The second-order valence-corrected chi connectivity index (χ2v) is 8.20. The number of hydrogen-bond donors (Lipinski definition) is 0. The maximum Gasteiger partial charge on any atom is 0.416 e. The number of para-hydroxylation sites is 1. The van der Waals surface area contributed by atoms with E-state index in [0.29, 0.717) is 5.69 Å². The average Bonchev–Trinajstić information content (AvgIpc) is 2.59. The molecule has 0 aliphatic carbocycles. The Labute approximate surface area is 150 Å². The van der Waals surface area contributed by atoms with Crippen LogP contribution in [-0.2, 0) is 26.6 Å². The minimum atomic E-state index is -4.56. The van der Waals surface area contributed by atoms with Gasteiger partial charge in [-0.15, -0.1) is 0 Å². The van der Waals surface area contributed by atoms with Crippen molar-refractivity contribution in [1.82, 2.24) is 0 Å². The van der Waals surface area contributed by atoms with E-state index in [4.69, 9.17) is 0 Å². The third-order valence-electron chi connectivity index (χ3n) is 3.98. The number of rotatable bonds is 5. The van der Waals surface area contributed by atoms with Crippen LogP contribution in [0.5, 0.6) is 0 Å². The Kier molecular flexibility index (Phi) is 5.75. The number of nitrogens with zero attached hydrogens (tertiary/aromatic N) is 1. The lowest BCUT2D eigenvalue weighted by molar-refractivity contribution is -0.137. The van der Waals surface area contributed by atoms with Gasteiger partial charge in [-0.2, -0.15) is 13.2 Å². The van der Waals surface area contributed by atoms with Gasteiger partial charge in [-0.05, 0) is 30.7 Å². The van der Waals surface area contributed by atoms with E-state index in [1.807, 2.05) is 0 Å². The van der Waals surface area contributed by atoms with Crippen molar-refractivity contribution in [2.75, 3.05) is 11.9 Å². The largest absolute Gasteiger partial charge is 0.416 e. The number of carbonyl (C=O) groups excluding carboxylic acids is 1. The fraction of sp³-hybridized carbons (Fsp3) is 0.278. The molecule has 0 heterocycles. The lowest BCUT2D eigenvalue weighted by Crippen LogP contribution is -2.39. The summed E-state index contributed by atoms with van der Waals surface area (Å²) in [6.07, 6.45) is -4.56. The van der Waals surface area contributed by atoms with Crippen LogP contribution in [0.25, 0.3) is 0 Å². The Morgan fingerprint density at radius 3 is 2.27 bits per heavy atom. The zero-order valence-corrected chi connectivity index (χ0v) is 15.0. The van der Waals surface area contributed by atoms with E-state index in [0.717, 1.165) is 18.2 Å². The zero-order chi connectivity index (χ0) is 19.5. The summed E-state index contributed by atoms with van der Waals surface area (Å²) in [6, 6.07) is 12.6. The fourth-order valence-corrected chi connectivity index (χ4v) is 3.76. The summed E-state index contributed by atoms with van der Waals surface area (Å²) >= 11 is 0. The van der Waals surface area contributed by atoms with E-state index >= 15 is 0 Å². The van der Waals surface area contributed by atoms with Crippen LogP contribution in [0.3, 0.4) is 0 Å². The molecule has 0 unspecified atom stereocenters. The highest BCUT2D eigenvalue weighted by Gasteiger charge is 2.33. The summed E-state index contributed by atoms with van der Waals surface area (Å²) in [5, 5.41) is -1.39. The molecule has 2 aromatic rings. The second-order valence-electron chi connectivity index (χ2n) is 5.88. The van der Waals surface area contributed by atoms with Crippen molar-refractivity contribution in [3.63, 3.8) is 0 Å². The molecule has 0 aromatic heterocycles. The predicted octanol–water partition coefficient (Wildman–Crippen LogP) is 3.67. The second kappa shape index (κ2) is 7.49. The molecule has 2 rings (SSSR count). The molecule has 0 aliphatic heterocycles. The first kappa shape index (κ1) is 20.0. The molecule has 26 heavy (non-hydrogen) atoms. The Balaban J connectivity index is 2.20. The van der Waals surface area contributed by atoms with E-state index in [9.17, 15) is 26.4 Å². The summed E-state index contributed by atoms with van der Waals surface area (Å²) in [6.45, 7) is 1.24. The molecular formula is C18H18F3NO3S. The van der Waals surface area contributed by atoms with E-state index in [-0.39, 0.29) is 5.56 Å². The number of sulfone groups is 1. The standard InChI is InChI=1S/C18H18F3NO3S/c1-13(17(23)22(2)16-9-4-3-5-10-16)26(24,25)12-14-7-6-8-15(11-14)18(19,20)21/h3-11,13H,12H2,1-2H3/t13-/m1/s1. The van der Waals surface area contributed by atoms with Gasteiger partial charge in [-0.25, -0.2) is 8.42 Å². The molecule has 0 N–H and O–H groups in total. The van der Waals surface area contributed by atoms with Crippen molar-refractivity contribution in [2.24, 2.45) is 0 Å². The maximum atomic E-state index is 12.8. The first-order chi connectivity index (χ1) is 12.0. The quantitative estimate of drug-likeness (QED) is 0.789. The molecule has 0 aliphatic rings. The Hall–Kier alpha value is -2.35. The van der Waals surface area contributed by atoms with Gasteiger partial charge in [0.05, 0.1) is 11.3 Å². The average molecular weight is 385 g/mol. The molecule has 8 heteroatoms. The maximum absolute atomic E-state index is 12.8. The van der Waals surface area contributed by atoms with Gasteiger partial charge in [0, 0.05) is 12.7 Å². The van der Waals surface area contributed by atoms with Crippen molar-refractivity contribution < 1.29 is 26.4 Å². The molecule has 140 valence electrons. The fourth-order valence-electron chi connectivity index (χ4n) is 2.40. The topological polar surface area (TPSA) is 54.5 Å². The summed E-state index contributed by atoms with van der Waals surface area (Å²) in [5.41, 5.74) is -0.411. The van der Waals surface area contributed by atoms with Gasteiger partial charge < -0.3 is 4.90 Å². The van der Waals surface area contributed by atoms with Crippen LogP contribution in [0.4, 0.5) is 18.9 Å². The number of alkyl halides is 3. The van der Waals surface area contributed by atoms with Crippen LogP contribution < -0.4 is 4.90 Å². The van der Waals surface area contributed by atoms with Crippen LogP contribution in [0.15, 0.2) is 54.6 Å². The third-order valence-corrected chi connectivity index (χ3v) is 6.00. The molecule has 4 nitrogen and oxygen atoms in total.